The molecule has 4 aromatic rings. The number of amides is 3. The standard InChI is InChI=1S/C33H35F3N8O3/c1-32(2,3)47-31(46)37-14-16-43-20-27(40-41-43)22-8-5-10-24(18-22)38-30(45)44-25-11-6-15-42(19-25)28-13-12-26(39-29(28)44)21-7-4-9-23(17-21)33(34,35)36/h4-5,7-10,12-13,17-18,20,25H,6,11,14-16,19H2,1-3H3,(H,37,46)(H,38,45). The largest absolute Gasteiger partial charge is 0.444 e. The van der Waals surface area contributed by atoms with Crippen LogP contribution in [0, 0.1) is 0 Å². The van der Waals surface area contributed by atoms with Crippen molar-refractivity contribution in [2.24, 2.45) is 0 Å². The highest BCUT2D eigenvalue weighted by Gasteiger charge is 2.38. The molecule has 1 unspecified atom stereocenters. The molecule has 2 aromatic heterocycles. The Balaban J connectivity index is 1.19. The van der Waals surface area contributed by atoms with E-state index in [1.165, 1.54) is 6.07 Å². The first-order valence-electron chi connectivity index (χ1n) is 15.4. The van der Waals surface area contributed by atoms with Gasteiger partial charge in [0, 0.05) is 36.4 Å². The van der Waals surface area contributed by atoms with Gasteiger partial charge in [-0.15, -0.1) is 5.10 Å². The normalized spacial score (nSPS) is 16.0. The van der Waals surface area contributed by atoms with E-state index in [1.807, 2.05) is 12.1 Å². The molecule has 0 spiro atoms. The van der Waals surface area contributed by atoms with Gasteiger partial charge in [0.15, 0.2) is 5.82 Å². The highest BCUT2D eigenvalue weighted by Crippen LogP contribution is 2.40. The van der Waals surface area contributed by atoms with Crippen molar-refractivity contribution < 1.29 is 27.5 Å². The Morgan fingerprint density at radius 2 is 1.77 bits per heavy atom. The molecule has 14 heteroatoms. The molecular formula is C33H35F3N8O3. The van der Waals surface area contributed by atoms with E-state index >= 15 is 0 Å². The zero-order valence-corrected chi connectivity index (χ0v) is 26.2. The molecule has 246 valence electrons. The number of carbonyl (C=O) groups is 2. The van der Waals surface area contributed by atoms with E-state index in [-0.39, 0.29) is 12.1 Å². The third kappa shape index (κ3) is 7.31. The van der Waals surface area contributed by atoms with Gasteiger partial charge in [-0.3, -0.25) is 9.58 Å². The summed E-state index contributed by atoms with van der Waals surface area (Å²) in [7, 11) is 0. The zero-order valence-electron chi connectivity index (χ0n) is 26.2. The number of pyridine rings is 1. The van der Waals surface area contributed by atoms with Crippen LogP contribution in [-0.4, -0.2) is 63.4 Å². The van der Waals surface area contributed by atoms with Gasteiger partial charge in [-0.05, 0) is 70.0 Å². The van der Waals surface area contributed by atoms with Gasteiger partial charge in [-0.2, -0.15) is 13.2 Å². The average molecular weight is 649 g/mol. The lowest BCUT2D eigenvalue weighted by atomic mass is 9.99. The minimum Gasteiger partial charge on any atom is -0.444 e. The minimum atomic E-state index is -4.49. The van der Waals surface area contributed by atoms with Gasteiger partial charge in [0.05, 0.1) is 35.7 Å². The summed E-state index contributed by atoms with van der Waals surface area (Å²) < 4.78 is 47.1. The number of nitrogens with one attached hydrogen (secondary N) is 2. The number of hydrogen-bond acceptors (Lipinski definition) is 7. The van der Waals surface area contributed by atoms with Gasteiger partial charge >= 0.3 is 18.3 Å². The number of hydrogen-bond donors (Lipinski definition) is 2. The van der Waals surface area contributed by atoms with E-state index in [1.54, 1.807) is 66.9 Å². The molecule has 11 nitrogen and oxygen atoms in total. The molecule has 2 aliphatic rings. The van der Waals surface area contributed by atoms with Crippen molar-refractivity contribution in [2.75, 3.05) is 34.8 Å². The van der Waals surface area contributed by atoms with Crippen LogP contribution in [0.1, 0.15) is 39.2 Å². The molecule has 4 heterocycles. The number of carbonyl (C=O) groups excluding carboxylic acids is 2. The maximum atomic E-state index is 13.9. The van der Waals surface area contributed by atoms with Crippen molar-refractivity contribution in [2.45, 2.75) is 58.0 Å². The highest BCUT2D eigenvalue weighted by molar-refractivity contribution is 6.04. The van der Waals surface area contributed by atoms with Crippen LogP contribution in [0.5, 0.6) is 0 Å². The van der Waals surface area contributed by atoms with Crippen LogP contribution < -0.4 is 20.4 Å². The summed E-state index contributed by atoms with van der Waals surface area (Å²) >= 11 is 0. The first-order valence-corrected chi connectivity index (χ1v) is 15.4. The van der Waals surface area contributed by atoms with Crippen molar-refractivity contribution in [3.63, 3.8) is 0 Å². The third-order valence-electron chi connectivity index (χ3n) is 7.85. The van der Waals surface area contributed by atoms with Crippen molar-refractivity contribution in [1.82, 2.24) is 25.3 Å². The monoisotopic (exact) mass is 648 g/mol. The maximum absolute atomic E-state index is 13.9. The van der Waals surface area contributed by atoms with Crippen LogP contribution in [0.4, 0.5) is 40.0 Å². The minimum absolute atomic E-state index is 0.155. The van der Waals surface area contributed by atoms with E-state index in [2.05, 4.69) is 25.8 Å². The Morgan fingerprint density at radius 1 is 1.00 bits per heavy atom. The summed E-state index contributed by atoms with van der Waals surface area (Å²) in [6.07, 6.45) is -1.60. The van der Waals surface area contributed by atoms with Gasteiger partial charge in [0.2, 0.25) is 0 Å². The Kier molecular flexibility index (Phi) is 8.51. The van der Waals surface area contributed by atoms with Crippen LogP contribution >= 0.6 is 0 Å². The summed E-state index contributed by atoms with van der Waals surface area (Å²) in [5, 5.41) is 14.1. The summed E-state index contributed by atoms with van der Waals surface area (Å²) in [4.78, 5) is 34.4. The fourth-order valence-electron chi connectivity index (χ4n) is 5.77. The smallest absolute Gasteiger partial charge is 0.416 e. The van der Waals surface area contributed by atoms with E-state index < -0.39 is 23.4 Å². The summed E-state index contributed by atoms with van der Waals surface area (Å²) in [6.45, 7) is 7.50. The molecule has 0 aliphatic carbocycles. The zero-order chi connectivity index (χ0) is 33.3. The average Bonchev–Trinajstić information content (AvgIpc) is 3.49. The molecule has 3 amide bonds. The number of aromatic nitrogens is 4. The lowest BCUT2D eigenvalue weighted by Gasteiger charge is -2.45. The predicted molar refractivity (Wildman–Crippen MR) is 171 cm³/mol. The molecule has 47 heavy (non-hydrogen) atoms. The number of nitrogens with zero attached hydrogens (tertiary/aromatic N) is 6. The molecule has 0 radical (unpaired) electrons. The van der Waals surface area contributed by atoms with Crippen molar-refractivity contribution >= 4 is 29.3 Å². The molecule has 2 aliphatic heterocycles. The summed E-state index contributed by atoms with van der Waals surface area (Å²) in [5.74, 6) is 0.410. The van der Waals surface area contributed by atoms with E-state index in [0.29, 0.717) is 48.1 Å². The molecule has 2 aromatic carbocycles. The molecule has 1 atom stereocenters. The van der Waals surface area contributed by atoms with Crippen LogP contribution in [0.25, 0.3) is 22.5 Å². The van der Waals surface area contributed by atoms with Gasteiger partial charge < -0.3 is 20.3 Å². The number of benzene rings is 2. The Morgan fingerprint density at radius 3 is 2.53 bits per heavy atom. The Hall–Kier alpha value is -5.14. The molecule has 1 fully saturated rings. The molecule has 2 bridgehead atoms. The Bertz CT molecular complexity index is 1790. The fourth-order valence-corrected chi connectivity index (χ4v) is 5.77. The molecule has 2 N–H and O–H groups in total. The number of halogens is 3. The van der Waals surface area contributed by atoms with E-state index in [0.717, 1.165) is 42.8 Å². The number of fused-ring (bicyclic) bond motifs is 4. The van der Waals surface area contributed by atoms with E-state index in [9.17, 15) is 22.8 Å². The highest BCUT2D eigenvalue weighted by atomic mass is 19.4. The second kappa shape index (κ2) is 12.6. The van der Waals surface area contributed by atoms with Crippen molar-refractivity contribution in [3.8, 4) is 22.5 Å². The van der Waals surface area contributed by atoms with Crippen LogP contribution in [-0.2, 0) is 17.5 Å². The van der Waals surface area contributed by atoms with Crippen molar-refractivity contribution in [1.29, 1.82) is 0 Å². The number of urea groups is 1. The second-order valence-corrected chi connectivity index (χ2v) is 12.5. The maximum Gasteiger partial charge on any atom is 0.416 e. The number of piperidine rings is 1. The summed E-state index contributed by atoms with van der Waals surface area (Å²) in [6, 6.07) is 15.2. The lowest BCUT2D eigenvalue weighted by Crippen LogP contribution is -2.56. The fraction of sp³-hybridized carbons (Fsp3) is 0.364. The van der Waals surface area contributed by atoms with E-state index in [4.69, 9.17) is 9.72 Å². The predicted octanol–water partition coefficient (Wildman–Crippen LogP) is 6.57. The SMILES string of the molecule is CC(C)(C)OC(=O)NCCn1cc(-c2cccc(NC(=O)N3c4nc(-c5cccc(C(F)(F)F)c5)ccc4N4CCCC3C4)c2)nn1. The topological polar surface area (TPSA) is 118 Å². The van der Waals surface area contributed by atoms with Gasteiger partial charge in [-0.25, -0.2) is 14.6 Å². The van der Waals surface area contributed by atoms with Crippen LogP contribution in [0.3, 0.4) is 0 Å². The third-order valence-corrected chi connectivity index (χ3v) is 7.85. The first kappa shape index (κ1) is 31.8. The number of anilines is 3. The second-order valence-electron chi connectivity index (χ2n) is 12.5. The first-order chi connectivity index (χ1) is 22.3. The summed E-state index contributed by atoms with van der Waals surface area (Å²) in [5.41, 5.74) is 1.91. The number of rotatable bonds is 6. The number of ether oxygens (including phenoxy) is 1. The van der Waals surface area contributed by atoms with Crippen LogP contribution in [0.15, 0.2) is 66.9 Å². The molecular weight excluding hydrogens is 613 g/mol. The number of alkyl carbamates (subject to hydrolysis) is 1. The Labute approximate surface area is 269 Å². The van der Waals surface area contributed by atoms with Crippen molar-refractivity contribution in [3.05, 3.63) is 72.4 Å². The number of alkyl halides is 3. The van der Waals surface area contributed by atoms with Gasteiger partial charge in [-0.1, -0.05) is 29.5 Å². The lowest BCUT2D eigenvalue weighted by molar-refractivity contribution is -0.137. The van der Waals surface area contributed by atoms with Gasteiger partial charge in [0.1, 0.15) is 11.3 Å². The van der Waals surface area contributed by atoms with Gasteiger partial charge in [0.25, 0.3) is 0 Å². The quantitative estimate of drug-likeness (QED) is 0.243. The van der Waals surface area contributed by atoms with Crippen LogP contribution in [0.2, 0.25) is 0 Å². The molecule has 1 saturated heterocycles. The molecule has 6 rings (SSSR count). The molecule has 0 saturated carbocycles.